The van der Waals surface area contributed by atoms with Crippen LogP contribution in [0.2, 0.25) is 0 Å². The zero-order valence-electron chi connectivity index (χ0n) is 16.7. The lowest BCUT2D eigenvalue weighted by Crippen LogP contribution is -2.16. The maximum Gasteiger partial charge on any atom is 0.0689 e. The van der Waals surface area contributed by atoms with Gasteiger partial charge >= 0.3 is 0 Å². The fraction of sp³-hybridized carbons (Fsp3) is 0.955. The SMILES string of the molecule is CC(C)C1CCC1.CC(C)CC1(C#N)CC1.CC(C)CC1CC1. The van der Waals surface area contributed by atoms with Crippen molar-refractivity contribution >= 4 is 0 Å². The molecule has 1 nitrogen and oxygen atoms in total. The fourth-order valence-corrected chi connectivity index (χ4v) is 3.42. The van der Waals surface area contributed by atoms with Crippen molar-refractivity contribution in [2.24, 2.45) is 35.0 Å². The van der Waals surface area contributed by atoms with E-state index in [-0.39, 0.29) is 5.41 Å². The summed E-state index contributed by atoms with van der Waals surface area (Å²) in [7, 11) is 0. The summed E-state index contributed by atoms with van der Waals surface area (Å²) in [5.41, 5.74) is 0.119. The maximum absolute atomic E-state index is 8.66. The zero-order chi connectivity index (χ0) is 17.5. The quantitative estimate of drug-likeness (QED) is 0.524. The van der Waals surface area contributed by atoms with Crippen LogP contribution in [0, 0.1) is 46.3 Å². The Morgan fingerprint density at radius 3 is 1.57 bits per heavy atom. The van der Waals surface area contributed by atoms with Crippen LogP contribution in [0.3, 0.4) is 0 Å². The fourth-order valence-electron chi connectivity index (χ4n) is 3.42. The summed E-state index contributed by atoms with van der Waals surface area (Å²) in [5, 5.41) is 8.66. The molecule has 0 N–H and O–H groups in total. The van der Waals surface area contributed by atoms with Gasteiger partial charge in [0.15, 0.2) is 0 Å². The molecule has 134 valence electrons. The van der Waals surface area contributed by atoms with E-state index in [0.29, 0.717) is 5.92 Å². The molecular weight excluding hydrogens is 278 g/mol. The van der Waals surface area contributed by atoms with E-state index >= 15 is 0 Å². The van der Waals surface area contributed by atoms with E-state index in [1.54, 1.807) is 0 Å². The van der Waals surface area contributed by atoms with E-state index in [2.05, 4.69) is 47.6 Å². The van der Waals surface area contributed by atoms with Crippen LogP contribution in [0.4, 0.5) is 0 Å². The first-order valence-corrected chi connectivity index (χ1v) is 10.2. The molecule has 0 saturated heterocycles. The van der Waals surface area contributed by atoms with Crippen LogP contribution in [-0.2, 0) is 0 Å². The minimum absolute atomic E-state index is 0.119. The van der Waals surface area contributed by atoms with Crippen LogP contribution in [0.5, 0.6) is 0 Å². The van der Waals surface area contributed by atoms with E-state index < -0.39 is 0 Å². The second kappa shape index (κ2) is 9.71. The van der Waals surface area contributed by atoms with E-state index in [4.69, 9.17) is 5.26 Å². The molecule has 23 heavy (non-hydrogen) atoms. The Morgan fingerprint density at radius 1 is 0.913 bits per heavy atom. The minimum Gasteiger partial charge on any atom is -0.198 e. The average Bonchev–Trinajstić information content (AvgIpc) is 3.25. The van der Waals surface area contributed by atoms with Gasteiger partial charge in [0.2, 0.25) is 0 Å². The molecule has 3 fully saturated rings. The van der Waals surface area contributed by atoms with Crippen LogP contribution < -0.4 is 0 Å². The first-order chi connectivity index (χ1) is 10.8. The molecule has 0 aromatic heterocycles. The van der Waals surface area contributed by atoms with E-state index in [0.717, 1.165) is 42.9 Å². The lowest BCUT2D eigenvalue weighted by molar-refractivity contribution is 0.235. The molecule has 0 heterocycles. The van der Waals surface area contributed by atoms with E-state index in [9.17, 15) is 0 Å². The number of hydrogen-bond acceptors (Lipinski definition) is 1. The third-order valence-electron chi connectivity index (χ3n) is 5.48. The van der Waals surface area contributed by atoms with Gasteiger partial charge < -0.3 is 0 Å². The summed E-state index contributed by atoms with van der Waals surface area (Å²) in [6.45, 7) is 13.6. The zero-order valence-corrected chi connectivity index (χ0v) is 16.7. The Labute approximate surface area is 146 Å². The number of nitriles is 1. The number of nitrogens with zero attached hydrogens (tertiary/aromatic N) is 1. The predicted octanol–water partition coefficient (Wildman–Crippen LogP) is 7.22. The second-order valence-electron chi connectivity index (χ2n) is 9.50. The topological polar surface area (TPSA) is 23.8 Å². The smallest absolute Gasteiger partial charge is 0.0689 e. The molecule has 0 bridgehead atoms. The van der Waals surface area contributed by atoms with Gasteiger partial charge in [-0.05, 0) is 55.3 Å². The van der Waals surface area contributed by atoms with E-state index in [1.165, 1.54) is 38.5 Å². The molecule has 3 saturated carbocycles. The second-order valence-corrected chi connectivity index (χ2v) is 9.50. The molecule has 0 radical (unpaired) electrons. The van der Waals surface area contributed by atoms with Gasteiger partial charge in [0.1, 0.15) is 0 Å². The molecule has 1 heteroatoms. The summed E-state index contributed by atoms with van der Waals surface area (Å²) in [4.78, 5) is 0. The monoisotopic (exact) mass is 319 g/mol. The highest BCUT2D eigenvalue weighted by Gasteiger charge is 2.43. The van der Waals surface area contributed by atoms with Crippen LogP contribution in [-0.4, -0.2) is 0 Å². The van der Waals surface area contributed by atoms with Crippen LogP contribution in [0.1, 0.15) is 99.3 Å². The molecule has 3 aliphatic rings. The number of hydrogen-bond donors (Lipinski definition) is 0. The molecule has 0 aromatic rings. The Hall–Kier alpha value is -0.510. The first kappa shape index (κ1) is 20.5. The summed E-state index contributed by atoms with van der Waals surface area (Å²) >= 11 is 0. The molecule has 3 rings (SSSR count). The van der Waals surface area contributed by atoms with Crippen LogP contribution in [0.25, 0.3) is 0 Å². The van der Waals surface area contributed by atoms with Gasteiger partial charge in [-0.2, -0.15) is 5.26 Å². The molecule has 0 amide bonds. The highest BCUT2D eigenvalue weighted by atomic mass is 14.5. The standard InChI is InChI=1S/C8H13N.2C7H14/c1-7(2)5-8(6-9)3-4-8;1-6(2)5-7-3-4-7;1-6(2)7-4-3-5-7/h7H,3-5H2,1-2H3;2*6-7H,3-5H2,1-2H3. The van der Waals surface area contributed by atoms with Crippen LogP contribution in [0.15, 0.2) is 0 Å². The summed E-state index contributed by atoms with van der Waals surface area (Å²) in [5.74, 6) is 4.79. The molecule has 0 aromatic carbocycles. The lowest BCUT2D eigenvalue weighted by Gasteiger charge is -2.28. The predicted molar refractivity (Wildman–Crippen MR) is 101 cm³/mol. The van der Waals surface area contributed by atoms with Crippen molar-refractivity contribution < 1.29 is 0 Å². The Balaban J connectivity index is 0.000000175. The molecule has 0 spiro atoms. The van der Waals surface area contributed by atoms with E-state index in [1.807, 2.05) is 0 Å². The first-order valence-electron chi connectivity index (χ1n) is 10.2. The highest BCUT2D eigenvalue weighted by molar-refractivity contribution is 5.09. The third kappa shape index (κ3) is 9.39. The maximum atomic E-state index is 8.66. The summed E-state index contributed by atoms with van der Waals surface area (Å²) < 4.78 is 0. The van der Waals surface area contributed by atoms with Crippen molar-refractivity contribution in [2.75, 3.05) is 0 Å². The largest absolute Gasteiger partial charge is 0.198 e. The average molecular weight is 320 g/mol. The van der Waals surface area contributed by atoms with Crippen molar-refractivity contribution in [3.63, 3.8) is 0 Å². The third-order valence-corrected chi connectivity index (χ3v) is 5.48. The summed E-state index contributed by atoms with van der Waals surface area (Å²) in [6.07, 6.45) is 12.4. The normalized spacial score (nSPS) is 21.7. The van der Waals surface area contributed by atoms with Gasteiger partial charge in [0, 0.05) is 0 Å². The minimum atomic E-state index is 0.119. The molecule has 0 atom stereocenters. The number of rotatable bonds is 5. The van der Waals surface area contributed by atoms with Crippen molar-refractivity contribution in [2.45, 2.75) is 99.3 Å². The van der Waals surface area contributed by atoms with Crippen molar-refractivity contribution in [3.05, 3.63) is 0 Å². The van der Waals surface area contributed by atoms with Gasteiger partial charge in [-0.1, -0.05) is 73.6 Å². The molecule has 3 aliphatic carbocycles. The van der Waals surface area contributed by atoms with Crippen molar-refractivity contribution in [1.82, 2.24) is 0 Å². The summed E-state index contributed by atoms with van der Waals surface area (Å²) in [6, 6.07) is 2.38. The van der Waals surface area contributed by atoms with Crippen LogP contribution >= 0.6 is 0 Å². The van der Waals surface area contributed by atoms with Gasteiger partial charge in [-0.3, -0.25) is 0 Å². The Kier molecular flexibility index (Phi) is 8.66. The Morgan fingerprint density at radius 2 is 1.48 bits per heavy atom. The van der Waals surface area contributed by atoms with Crippen molar-refractivity contribution in [3.8, 4) is 6.07 Å². The van der Waals surface area contributed by atoms with Crippen molar-refractivity contribution in [1.29, 1.82) is 5.26 Å². The molecule has 0 unspecified atom stereocenters. The molecular formula is C22H41N. The van der Waals surface area contributed by atoms with Gasteiger partial charge in [0.25, 0.3) is 0 Å². The highest BCUT2D eigenvalue weighted by Crippen LogP contribution is 2.49. The van der Waals surface area contributed by atoms with Gasteiger partial charge in [0.05, 0.1) is 11.5 Å². The van der Waals surface area contributed by atoms with Gasteiger partial charge in [-0.25, -0.2) is 0 Å². The van der Waals surface area contributed by atoms with Gasteiger partial charge in [-0.15, -0.1) is 0 Å². The Bertz CT molecular complexity index is 349. The lowest BCUT2D eigenvalue weighted by atomic mass is 9.78. The molecule has 0 aliphatic heterocycles.